The predicted molar refractivity (Wildman–Crippen MR) is 89.5 cm³/mol. The number of amides is 1. The number of fused-ring (bicyclic) bond motifs is 1. The number of hydrogen-bond donors (Lipinski definition) is 0. The molecule has 124 valence electrons. The molecule has 1 unspecified atom stereocenters. The molecule has 24 heavy (non-hydrogen) atoms. The molecular weight excluding hydrogens is 304 g/mol. The number of rotatable bonds is 2. The minimum Gasteiger partial charge on any atom is -0.365 e. The lowest BCUT2D eigenvalue weighted by molar-refractivity contribution is -0.145. The van der Waals surface area contributed by atoms with E-state index in [9.17, 15) is 4.79 Å². The van der Waals surface area contributed by atoms with E-state index in [1.165, 1.54) is 11.1 Å². The van der Waals surface area contributed by atoms with E-state index in [1.54, 1.807) is 18.5 Å². The molecule has 1 aromatic heterocycles. The lowest BCUT2D eigenvalue weighted by atomic mass is 9.99. The van der Waals surface area contributed by atoms with Crippen LogP contribution < -0.4 is 4.90 Å². The molecule has 0 aliphatic carbocycles. The topological polar surface area (TPSA) is 58.6 Å². The molecule has 0 bridgehead atoms. The van der Waals surface area contributed by atoms with Crippen LogP contribution in [-0.4, -0.2) is 53.1 Å². The molecule has 1 atom stereocenters. The summed E-state index contributed by atoms with van der Waals surface area (Å²) in [6, 6.07) is 10.1. The quantitative estimate of drug-likeness (QED) is 0.832. The largest absolute Gasteiger partial charge is 0.365 e. The average Bonchev–Trinajstić information content (AvgIpc) is 2.68. The van der Waals surface area contributed by atoms with Crippen LogP contribution in [0.5, 0.6) is 0 Å². The van der Waals surface area contributed by atoms with E-state index >= 15 is 0 Å². The van der Waals surface area contributed by atoms with Crippen LogP contribution in [0.1, 0.15) is 11.1 Å². The second-order valence-electron chi connectivity index (χ2n) is 6.13. The summed E-state index contributed by atoms with van der Waals surface area (Å²) in [7, 11) is 0. The number of benzene rings is 1. The maximum Gasteiger partial charge on any atom is 0.253 e. The fourth-order valence-electron chi connectivity index (χ4n) is 3.32. The van der Waals surface area contributed by atoms with Gasteiger partial charge in [-0.2, -0.15) is 0 Å². The molecular formula is C18H20N4O2. The zero-order chi connectivity index (χ0) is 16.4. The SMILES string of the molecule is O=C(C1CN(c2ncccn2)CCO1)N1CCc2ccccc2C1. The summed E-state index contributed by atoms with van der Waals surface area (Å²) in [6.07, 6.45) is 3.89. The van der Waals surface area contributed by atoms with E-state index in [0.29, 0.717) is 32.2 Å². The van der Waals surface area contributed by atoms with Gasteiger partial charge in [-0.05, 0) is 23.6 Å². The third kappa shape index (κ3) is 2.97. The molecule has 0 saturated carbocycles. The Hall–Kier alpha value is -2.47. The smallest absolute Gasteiger partial charge is 0.253 e. The summed E-state index contributed by atoms with van der Waals surface area (Å²) in [5.74, 6) is 0.715. The zero-order valence-electron chi connectivity index (χ0n) is 13.5. The Balaban J connectivity index is 1.45. The summed E-state index contributed by atoms with van der Waals surface area (Å²) in [6.45, 7) is 3.13. The highest BCUT2D eigenvalue weighted by molar-refractivity contribution is 5.82. The number of nitrogens with zero attached hydrogens (tertiary/aromatic N) is 4. The Morgan fingerprint density at radius 3 is 2.71 bits per heavy atom. The fraction of sp³-hybridized carbons (Fsp3) is 0.389. The van der Waals surface area contributed by atoms with E-state index < -0.39 is 6.10 Å². The predicted octanol–water partition coefficient (Wildman–Crippen LogP) is 1.27. The minimum atomic E-state index is -0.451. The number of hydrogen-bond acceptors (Lipinski definition) is 5. The summed E-state index contributed by atoms with van der Waals surface area (Å²) >= 11 is 0. The molecule has 1 saturated heterocycles. The van der Waals surface area contributed by atoms with Crippen molar-refractivity contribution in [2.24, 2.45) is 0 Å². The van der Waals surface area contributed by atoms with Gasteiger partial charge in [-0.3, -0.25) is 4.79 Å². The van der Waals surface area contributed by atoms with Crippen LogP contribution in [0.3, 0.4) is 0 Å². The van der Waals surface area contributed by atoms with Crippen molar-refractivity contribution in [3.63, 3.8) is 0 Å². The summed E-state index contributed by atoms with van der Waals surface area (Å²) < 4.78 is 5.74. The monoisotopic (exact) mass is 324 g/mol. The summed E-state index contributed by atoms with van der Waals surface area (Å²) in [5, 5.41) is 0. The van der Waals surface area contributed by atoms with E-state index in [0.717, 1.165) is 13.0 Å². The Morgan fingerprint density at radius 2 is 1.88 bits per heavy atom. The first-order chi connectivity index (χ1) is 11.8. The molecule has 1 aromatic carbocycles. The van der Waals surface area contributed by atoms with Gasteiger partial charge in [-0.25, -0.2) is 9.97 Å². The number of morpholine rings is 1. The highest BCUT2D eigenvalue weighted by Crippen LogP contribution is 2.21. The maximum absolute atomic E-state index is 12.9. The van der Waals surface area contributed by atoms with Gasteiger partial charge >= 0.3 is 0 Å². The van der Waals surface area contributed by atoms with Gasteiger partial charge in [0, 0.05) is 32.0 Å². The molecule has 0 spiro atoms. The standard InChI is InChI=1S/C18H20N4O2/c23-17(21-9-6-14-4-1-2-5-15(14)12-21)16-13-22(10-11-24-16)18-19-7-3-8-20-18/h1-5,7-8,16H,6,9-13H2. The van der Waals surface area contributed by atoms with Crippen LogP contribution in [0.4, 0.5) is 5.95 Å². The first kappa shape index (κ1) is 15.1. The van der Waals surface area contributed by atoms with Crippen molar-refractivity contribution in [1.29, 1.82) is 0 Å². The second-order valence-corrected chi connectivity index (χ2v) is 6.13. The van der Waals surface area contributed by atoms with Gasteiger partial charge in [0.25, 0.3) is 5.91 Å². The van der Waals surface area contributed by atoms with Crippen molar-refractivity contribution in [1.82, 2.24) is 14.9 Å². The van der Waals surface area contributed by atoms with Crippen molar-refractivity contribution in [3.8, 4) is 0 Å². The third-order valence-corrected chi connectivity index (χ3v) is 4.62. The van der Waals surface area contributed by atoms with Crippen molar-refractivity contribution < 1.29 is 9.53 Å². The Morgan fingerprint density at radius 1 is 1.08 bits per heavy atom. The molecule has 1 fully saturated rings. The van der Waals surface area contributed by atoms with Crippen molar-refractivity contribution >= 4 is 11.9 Å². The number of carbonyl (C=O) groups excluding carboxylic acids is 1. The van der Waals surface area contributed by atoms with Gasteiger partial charge in [0.1, 0.15) is 0 Å². The normalized spacial score (nSPS) is 20.6. The minimum absolute atomic E-state index is 0.0603. The zero-order valence-corrected chi connectivity index (χ0v) is 13.5. The number of aromatic nitrogens is 2. The van der Waals surface area contributed by atoms with Crippen LogP contribution in [0.15, 0.2) is 42.7 Å². The molecule has 2 aliphatic rings. The molecule has 3 heterocycles. The third-order valence-electron chi connectivity index (χ3n) is 4.62. The first-order valence-electron chi connectivity index (χ1n) is 8.30. The maximum atomic E-state index is 12.9. The second kappa shape index (κ2) is 6.57. The molecule has 1 amide bonds. The van der Waals surface area contributed by atoms with Crippen LogP contribution >= 0.6 is 0 Å². The van der Waals surface area contributed by atoms with Gasteiger partial charge in [0.2, 0.25) is 5.95 Å². The molecule has 2 aliphatic heterocycles. The highest BCUT2D eigenvalue weighted by Gasteiger charge is 2.32. The van der Waals surface area contributed by atoms with E-state index in [2.05, 4.69) is 28.2 Å². The summed E-state index contributed by atoms with van der Waals surface area (Å²) in [5.41, 5.74) is 2.57. The summed E-state index contributed by atoms with van der Waals surface area (Å²) in [4.78, 5) is 25.3. The molecule has 0 radical (unpaired) electrons. The van der Waals surface area contributed by atoms with E-state index in [4.69, 9.17) is 4.74 Å². The molecule has 6 nitrogen and oxygen atoms in total. The number of carbonyl (C=O) groups is 1. The van der Waals surface area contributed by atoms with Gasteiger partial charge in [-0.1, -0.05) is 24.3 Å². The molecule has 0 N–H and O–H groups in total. The van der Waals surface area contributed by atoms with Crippen LogP contribution in [-0.2, 0) is 22.5 Å². The molecule has 2 aromatic rings. The van der Waals surface area contributed by atoms with Gasteiger partial charge in [0.05, 0.1) is 13.2 Å². The Labute approximate surface area is 141 Å². The Kier molecular flexibility index (Phi) is 4.13. The van der Waals surface area contributed by atoms with Crippen LogP contribution in [0.25, 0.3) is 0 Å². The van der Waals surface area contributed by atoms with E-state index in [-0.39, 0.29) is 5.91 Å². The van der Waals surface area contributed by atoms with Crippen molar-refractivity contribution in [3.05, 3.63) is 53.9 Å². The lowest BCUT2D eigenvalue weighted by Gasteiger charge is -2.36. The fourth-order valence-corrected chi connectivity index (χ4v) is 3.32. The van der Waals surface area contributed by atoms with Gasteiger partial charge < -0.3 is 14.5 Å². The average molecular weight is 324 g/mol. The van der Waals surface area contributed by atoms with Crippen molar-refractivity contribution in [2.45, 2.75) is 19.1 Å². The Bertz CT molecular complexity index is 722. The van der Waals surface area contributed by atoms with Gasteiger partial charge in [-0.15, -0.1) is 0 Å². The van der Waals surface area contributed by atoms with Gasteiger partial charge in [0.15, 0.2) is 6.10 Å². The van der Waals surface area contributed by atoms with Crippen LogP contribution in [0, 0.1) is 0 Å². The van der Waals surface area contributed by atoms with Crippen LogP contribution in [0.2, 0.25) is 0 Å². The molecule has 4 rings (SSSR count). The first-order valence-corrected chi connectivity index (χ1v) is 8.30. The van der Waals surface area contributed by atoms with Crippen molar-refractivity contribution in [2.75, 3.05) is 31.1 Å². The number of ether oxygens (including phenoxy) is 1. The highest BCUT2D eigenvalue weighted by atomic mass is 16.5. The van der Waals surface area contributed by atoms with E-state index in [1.807, 2.05) is 15.9 Å². The molecule has 6 heteroatoms. The lowest BCUT2D eigenvalue weighted by Crippen LogP contribution is -2.52. The number of anilines is 1.